The molecule has 104 valence electrons. The standard InChI is InChI=1S/C14H19ClN2OS/c1-19-14(6-2-3-7-14)9-17-13(18)11-8-10(16)4-5-12(11)15/h4-5,8H,2-3,6-7,9,16H2,1H3,(H,17,18). The normalized spacial score (nSPS) is 17.4. The molecule has 1 fully saturated rings. The Morgan fingerprint density at radius 1 is 1.47 bits per heavy atom. The predicted octanol–water partition coefficient (Wildman–Crippen LogP) is 3.33. The number of anilines is 1. The summed E-state index contributed by atoms with van der Waals surface area (Å²) in [6.45, 7) is 0.693. The monoisotopic (exact) mass is 298 g/mol. The van der Waals surface area contributed by atoms with Crippen LogP contribution in [0.5, 0.6) is 0 Å². The molecule has 0 spiro atoms. The number of hydrogen-bond donors (Lipinski definition) is 2. The molecule has 2 rings (SSSR count). The van der Waals surface area contributed by atoms with E-state index in [0.717, 1.165) is 0 Å². The summed E-state index contributed by atoms with van der Waals surface area (Å²) < 4.78 is 0.197. The van der Waals surface area contributed by atoms with E-state index in [1.54, 1.807) is 18.2 Å². The van der Waals surface area contributed by atoms with Crippen LogP contribution in [0.15, 0.2) is 18.2 Å². The van der Waals surface area contributed by atoms with E-state index in [1.807, 2.05) is 11.8 Å². The molecule has 0 aromatic heterocycles. The first-order valence-electron chi connectivity index (χ1n) is 6.45. The topological polar surface area (TPSA) is 55.1 Å². The van der Waals surface area contributed by atoms with Crippen LogP contribution < -0.4 is 11.1 Å². The number of nitrogens with one attached hydrogen (secondary N) is 1. The summed E-state index contributed by atoms with van der Waals surface area (Å²) in [4.78, 5) is 12.2. The molecule has 0 heterocycles. The van der Waals surface area contributed by atoms with Crippen LogP contribution in [-0.4, -0.2) is 23.5 Å². The van der Waals surface area contributed by atoms with Crippen LogP contribution in [0.4, 0.5) is 5.69 Å². The van der Waals surface area contributed by atoms with Crippen LogP contribution in [0, 0.1) is 0 Å². The van der Waals surface area contributed by atoms with Gasteiger partial charge in [-0.05, 0) is 37.3 Å². The molecule has 0 unspecified atom stereocenters. The van der Waals surface area contributed by atoms with Gasteiger partial charge in [-0.25, -0.2) is 0 Å². The van der Waals surface area contributed by atoms with Gasteiger partial charge in [0.1, 0.15) is 0 Å². The van der Waals surface area contributed by atoms with E-state index < -0.39 is 0 Å². The van der Waals surface area contributed by atoms with E-state index in [0.29, 0.717) is 22.8 Å². The number of halogens is 1. The molecule has 1 amide bonds. The fourth-order valence-corrected chi connectivity index (χ4v) is 3.64. The Hall–Kier alpha value is -0.870. The first-order chi connectivity index (χ1) is 9.06. The van der Waals surface area contributed by atoms with Gasteiger partial charge in [-0.15, -0.1) is 0 Å². The third kappa shape index (κ3) is 3.37. The van der Waals surface area contributed by atoms with Gasteiger partial charge in [-0.3, -0.25) is 4.79 Å². The average Bonchev–Trinajstić information content (AvgIpc) is 2.88. The summed E-state index contributed by atoms with van der Waals surface area (Å²) >= 11 is 7.89. The smallest absolute Gasteiger partial charge is 0.252 e. The van der Waals surface area contributed by atoms with Gasteiger partial charge >= 0.3 is 0 Å². The minimum Gasteiger partial charge on any atom is -0.399 e. The lowest BCUT2D eigenvalue weighted by Crippen LogP contribution is -2.38. The van der Waals surface area contributed by atoms with E-state index in [4.69, 9.17) is 17.3 Å². The maximum absolute atomic E-state index is 12.2. The Morgan fingerprint density at radius 2 is 2.16 bits per heavy atom. The van der Waals surface area contributed by atoms with Crippen LogP contribution in [0.3, 0.4) is 0 Å². The van der Waals surface area contributed by atoms with Gasteiger partial charge in [0.15, 0.2) is 0 Å². The molecule has 0 bridgehead atoms. The van der Waals surface area contributed by atoms with Gasteiger partial charge in [0.25, 0.3) is 5.91 Å². The third-order valence-electron chi connectivity index (χ3n) is 3.75. The number of carbonyl (C=O) groups excluding carboxylic acids is 1. The summed E-state index contributed by atoms with van der Waals surface area (Å²) in [5.74, 6) is -0.141. The number of benzene rings is 1. The number of nitrogens with two attached hydrogens (primary N) is 1. The van der Waals surface area contributed by atoms with Crippen LogP contribution in [-0.2, 0) is 0 Å². The highest BCUT2D eigenvalue weighted by Crippen LogP contribution is 2.39. The van der Waals surface area contributed by atoms with Crippen molar-refractivity contribution >= 4 is 35.0 Å². The zero-order valence-electron chi connectivity index (χ0n) is 11.0. The molecule has 1 aromatic carbocycles. The van der Waals surface area contributed by atoms with Crippen LogP contribution >= 0.6 is 23.4 Å². The van der Waals surface area contributed by atoms with E-state index in [1.165, 1.54) is 25.7 Å². The average molecular weight is 299 g/mol. The maximum Gasteiger partial charge on any atom is 0.252 e. The first-order valence-corrected chi connectivity index (χ1v) is 8.05. The Labute approximate surface area is 123 Å². The van der Waals surface area contributed by atoms with Crippen molar-refractivity contribution < 1.29 is 4.79 Å². The molecule has 3 N–H and O–H groups in total. The van der Waals surface area contributed by atoms with Crippen molar-refractivity contribution in [3.63, 3.8) is 0 Å². The lowest BCUT2D eigenvalue weighted by atomic mass is 10.1. The highest BCUT2D eigenvalue weighted by Gasteiger charge is 2.33. The van der Waals surface area contributed by atoms with Gasteiger partial charge < -0.3 is 11.1 Å². The van der Waals surface area contributed by atoms with E-state index in [2.05, 4.69) is 11.6 Å². The number of amides is 1. The second kappa shape index (κ2) is 6.06. The molecule has 0 radical (unpaired) electrons. The summed E-state index contributed by atoms with van der Waals surface area (Å²) in [5.41, 5.74) is 6.70. The molecule has 0 aliphatic heterocycles. The van der Waals surface area contributed by atoms with Crippen molar-refractivity contribution in [2.75, 3.05) is 18.5 Å². The van der Waals surface area contributed by atoms with Crippen molar-refractivity contribution in [3.05, 3.63) is 28.8 Å². The largest absolute Gasteiger partial charge is 0.399 e. The Balaban J connectivity index is 2.03. The Morgan fingerprint density at radius 3 is 2.79 bits per heavy atom. The minimum atomic E-state index is -0.141. The summed E-state index contributed by atoms with van der Waals surface area (Å²) in [6, 6.07) is 4.98. The molecule has 0 atom stereocenters. The Kier molecular flexibility index (Phi) is 4.63. The van der Waals surface area contributed by atoms with Crippen LogP contribution in [0.25, 0.3) is 0 Å². The van der Waals surface area contributed by atoms with Gasteiger partial charge in [-0.2, -0.15) is 11.8 Å². The zero-order chi connectivity index (χ0) is 13.9. The van der Waals surface area contributed by atoms with Gasteiger partial charge in [-0.1, -0.05) is 24.4 Å². The lowest BCUT2D eigenvalue weighted by Gasteiger charge is -2.27. The highest BCUT2D eigenvalue weighted by molar-refractivity contribution is 8.00. The number of carbonyl (C=O) groups is 1. The van der Waals surface area contributed by atoms with Crippen molar-refractivity contribution in [2.24, 2.45) is 0 Å². The van der Waals surface area contributed by atoms with E-state index in [-0.39, 0.29) is 10.7 Å². The second-order valence-corrected chi connectivity index (χ2v) is 6.70. The molecule has 3 nitrogen and oxygen atoms in total. The molecule has 1 aromatic rings. The van der Waals surface area contributed by atoms with Gasteiger partial charge in [0, 0.05) is 17.0 Å². The summed E-state index contributed by atoms with van der Waals surface area (Å²) in [6.07, 6.45) is 6.94. The predicted molar refractivity (Wildman–Crippen MR) is 82.9 cm³/mol. The SMILES string of the molecule is CSC1(CNC(=O)c2cc(N)ccc2Cl)CCCC1. The highest BCUT2D eigenvalue weighted by atomic mass is 35.5. The zero-order valence-corrected chi connectivity index (χ0v) is 12.6. The van der Waals surface area contributed by atoms with Gasteiger partial charge in [0.05, 0.1) is 10.6 Å². The molecule has 1 aliphatic rings. The fourth-order valence-electron chi connectivity index (χ4n) is 2.53. The maximum atomic E-state index is 12.2. The second-order valence-electron chi connectivity index (χ2n) is 5.02. The first kappa shape index (κ1) is 14.5. The minimum absolute atomic E-state index is 0.141. The molecule has 5 heteroatoms. The van der Waals surface area contributed by atoms with Crippen LogP contribution in [0.1, 0.15) is 36.0 Å². The molecule has 0 saturated heterocycles. The van der Waals surface area contributed by atoms with Crippen molar-refractivity contribution in [3.8, 4) is 0 Å². The van der Waals surface area contributed by atoms with Gasteiger partial charge in [0.2, 0.25) is 0 Å². The number of hydrogen-bond acceptors (Lipinski definition) is 3. The third-order valence-corrected chi connectivity index (χ3v) is 5.50. The molecular weight excluding hydrogens is 280 g/mol. The quantitative estimate of drug-likeness (QED) is 0.838. The number of rotatable bonds is 4. The molecular formula is C14H19ClN2OS. The molecule has 1 aliphatic carbocycles. The molecule has 19 heavy (non-hydrogen) atoms. The van der Waals surface area contributed by atoms with Crippen molar-refractivity contribution in [2.45, 2.75) is 30.4 Å². The van der Waals surface area contributed by atoms with Crippen molar-refractivity contribution in [1.29, 1.82) is 0 Å². The lowest BCUT2D eigenvalue weighted by molar-refractivity contribution is 0.0950. The van der Waals surface area contributed by atoms with E-state index in [9.17, 15) is 4.79 Å². The molecule has 1 saturated carbocycles. The summed E-state index contributed by atoms with van der Waals surface area (Å²) in [7, 11) is 0. The van der Waals surface area contributed by atoms with Crippen molar-refractivity contribution in [1.82, 2.24) is 5.32 Å². The van der Waals surface area contributed by atoms with Crippen LogP contribution in [0.2, 0.25) is 5.02 Å². The Bertz CT molecular complexity index is 473. The summed E-state index contributed by atoms with van der Waals surface area (Å²) in [5, 5.41) is 3.44. The fraction of sp³-hybridized carbons (Fsp3) is 0.500. The number of nitrogen functional groups attached to an aromatic ring is 1. The number of thioether (sulfide) groups is 1. The van der Waals surface area contributed by atoms with E-state index >= 15 is 0 Å².